The first kappa shape index (κ1) is 16.3. The molecule has 1 aliphatic rings. The van der Waals surface area contributed by atoms with E-state index in [1.807, 2.05) is 0 Å². The highest BCUT2D eigenvalue weighted by Gasteiger charge is 2.41. The van der Waals surface area contributed by atoms with E-state index >= 15 is 0 Å². The molecule has 0 saturated carbocycles. The molecule has 0 spiro atoms. The van der Waals surface area contributed by atoms with Crippen molar-refractivity contribution in [3.05, 3.63) is 29.3 Å². The quantitative estimate of drug-likeness (QED) is 0.584. The summed E-state index contributed by atoms with van der Waals surface area (Å²) >= 11 is 0. The highest BCUT2D eigenvalue weighted by molar-refractivity contribution is 6.20. The zero-order valence-corrected chi connectivity index (χ0v) is 11.0. The van der Waals surface area contributed by atoms with E-state index in [9.17, 15) is 35.9 Å². The van der Waals surface area contributed by atoms with Crippen LogP contribution in [0.25, 0.3) is 0 Å². The predicted molar refractivity (Wildman–Crippen MR) is 62.7 cm³/mol. The van der Waals surface area contributed by atoms with Crippen LogP contribution in [-0.4, -0.2) is 11.8 Å². The van der Waals surface area contributed by atoms with Gasteiger partial charge in [0.25, 0.3) is 0 Å². The zero-order chi connectivity index (χ0) is 16.9. The van der Waals surface area contributed by atoms with Gasteiger partial charge in [0.2, 0.25) is 11.8 Å². The predicted octanol–water partition coefficient (Wildman–Crippen LogP) is 3.62. The van der Waals surface area contributed by atoms with Gasteiger partial charge in [-0.25, -0.2) is 0 Å². The third kappa shape index (κ3) is 2.93. The van der Waals surface area contributed by atoms with Gasteiger partial charge in [0.1, 0.15) is 0 Å². The number of nitrogens with zero attached hydrogens (tertiary/aromatic N) is 1. The highest BCUT2D eigenvalue weighted by atomic mass is 19.4. The number of rotatable bonds is 1. The van der Waals surface area contributed by atoms with Gasteiger partial charge in [-0.2, -0.15) is 26.3 Å². The van der Waals surface area contributed by atoms with Crippen LogP contribution >= 0.6 is 0 Å². The minimum Gasteiger partial charge on any atom is -0.274 e. The monoisotopic (exact) mass is 325 g/mol. The van der Waals surface area contributed by atoms with E-state index in [0.29, 0.717) is 17.0 Å². The van der Waals surface area contributed by atoms with Gasteiger partial charge in [0.05, 0.1) is 16.8 Å². The highest BCUT2D eigenvalue weighted by Crippen LogP contribution is 2.39. The van der Waals surface area contributed by atoms with E-state index in [-0.39, 0.29) is 12.5 Å². The summed E-state index contributed by atoms with van der Waals surface area (Å²) < 4.78 is 76.4. The van der Waals surface area contributed by atoms with Crippen LogP contribution < -0.4 is 4.90 Å². The van der Waals surface area contributed by atoms with Crippen LogP contribution in [0.3, 0.4) is 0 Å². The van der Waals surface area contributed by atoms with E-state index < -0.39 is 46.9 Å². The second-order valence-electron chi connectivity index (χ2n) is 4.94. The molecule has 1 saturated heterocycles. The van der Waals surface area contributed by atoms with Crippen molar-refractivity contribution in [1.82, 2.24) is 0 Å². The first-order chi connectivity index (χ1) is 9.91. The molecule has 0 radical (unpaired) electrons. The third-order valence-corrected chi connectivity index (χ3v) is 3.20. The van der Waals surface area contributed by atoms with Crippen LogP contribution in [0.15, 0.2) is 18.2 Å². The maximum absolute atomic E-state index is 12.7. The molecule has 0 aromatic heterocycles. The summed E-state index contributed by atoms with van der Waals surface area (Å²) in [5.41, 5.74) is -3.86. The van der Waals surface area contributed by atoms with Crippen molar-refractivity contribution in [1.29, 1.82) is 0 Å². The number of anilines is 1. The van der Waals surface area contributed by atoms with Gasteiger partial charge in [-0.15, -0.1) is 0 Å². The van der Waals surface area contributed by atoms with Gasteiger partial charge in [0, 0.05) is 12.3 Å². The Hall–Kier alpha value is -2.06. The van der Waals surface area contributed by atoms with E-state index in [2.05, 4.69) is 0 Å². The normalized spacial score (nSPS) is 20.0. The lowest BCUT2D eigenvalue weighted by atomic mass is 10.1. The van der Waals surface area contributed by atoms with Gasteiger partial charge >= 0.3 is 12.4 Å². The summed E-state index contributed by atoms with van der Waals surface area (Å²) in [5, 5.41) is 0. The minimum atomic E-state index is -5.03. The average Bonchev–Trinajstić information content (AvgIpc) is 2.60. The molecule has 1 aromatic rings. The van der Waals surface area contributed by atoms with Crippen molar-refractivity contribution >= 4 is 17.5 Å². The molecule has 2 amide bonds. The Bertz CT molecular complexity index is 602. The molecule has 1 aromatic carbocycles. The fourth-order valence-corrected chi connectivity index (χ4v) is 2.12. The molecule has 1 heterocycles. The second kappa shape index (κ2) is 4.99. The molecule has 120 valence electrons. The molecule has 9 heteroatoms. The Labute approximate surface area is 120 Å². The van der Waals surface area contributed by atoms with Crippen molar-refractivity contribution in [3.63, 3.8) is 0 Å². The summed E-state index contributed by atoms with van der Waals surface area (Å²) in [7, 11) is 0. The Morgan fingerprint density at radius 3 is 1.73 bits per heavy atom. The Morgan fingerprint density at radius 2 is 1.41 bits per heavy atom. The molecule has 22 heavy (non-hydrogen) atoms. The number of carbonyl (C=O) groups is 2. The number of hydrogen-bond acceptors (Lipinski definition) is 2. The molecule has 1 atom stereocenters. The van der Waals surface area contributed by atoms with Crippen LogP contribution in [0.1, 0.15) is 24.5 Å². The Morgan fingerprint density at radius 1 is 0.955 bits per heavy atom. The van der Waals surface area contributed by atoms with Crippen molar-refractivity contribution < 1.29 is 35.9 Å². The minimum absolute atomic E-state index is 0.0576. The molecular formula is C13H9F6NO2. The number of benzene rings is 1. The van der Waals surface area contributed by atoms with Gasteiger partial charge in [-0.1, -0.05) is 6.92 Å². The fraction of sp³-hybridized carbons (Fsp3) is 0.385. The zero-order valence-electron chi connectivity index (χ0n) is 11.0. The standard InChI is InChI=1S/C13H9F6NO2/c1-6-2-10(21)20(11(6)22)9-4-7(12(14,15)16)3-8(5-9)13(17,18)19/h3-6H,2H2,1H3. The average molecular weight is 325 g/mol. The van der Waals surface area contributed by atoms with Crippen molar-refractivity contribution in [3.8, 4) is 0 Å². The summed E-state index contributed by atoms with van der Waals surface area (Å²) in [6.07, 6.45) is -10.3. The van der Waals surface area contributed by atoms with Gasteiger partial charge in [-0.3, -0.25) is 14.5 Å². The number of amides is 2. The van der Waals surface area contributed by atoms with E-state index in [0.717, 1.165) is 0 Å². The van der Waals surface area contributed by atoms with Gasteiger partial charge in [-0.05, 0) is 18.2 Å². The largest absolute Gasteiger partial charge is 0.416 e. The number of imide groups is 1. The van der Waals surface area contributed by atoms with E-state index in [4.69, 9.17) is 0 Å². The van der Waals surface area contributed by atoms with E-state index in [1.54, 1.807) is 0 Å². The smallest absolute Gasteiger partial charge is 0.274 e. The lowest BCUT2D eigenvalue weighted by molar-refractivity contribution is -0.143. The van der Waals surface area contributed by atoms with Crippen molar-refractivity contribution in [2.75, 3.05) is 4.90 Å². The maximum Gasteiger partial charge on any atom is 0.416 e. The molecule has 0 N–H and O–H groups in total. The molecular weight excluding hydrogens is 316 g/mol. The van der Waals surface area contributed by atoms with Gasteiger partial charge < -0.3 is 0 Å². The third-order valence-electron chi connectivity index (χ3n) is 3.20. The molecule has 2 rings (SSSR count). The molecule has 0 bridgehead atoms. The van der Waals surface area contributed by atoms with E-state index in [1.165, 1.54) is 6.92 Å². The summed E-state index contributed by atoms with van der Waals surface area (Å²) in [6, 6.07) is 0.671. The Kier molecular flexibility index (Phi) is 3.70. The molecule has 3 nitrogen and oxygen atoms in total. The number of halogens is 6. The lowest BCUT2D eigenvalue weighted by Gasteiger charge is -2.19. The lowest BCUT2D eigenvalue weighted by Crippen LogP contribution is -2.30. The number of alkyl halides is 6. The van der Waals surface area contributed by atoms with Crippen LogP contribution in [0.4, 0.5) is 32.0 Å². The summed E-state index contributed by atoms with van der Waals surface area (Å²) in [5.74, 6) is -2.43. The molecule has 0 aliphatic carbocycles. The van der Waals surface area contributed by atoms with Crippen LogP contribution in [0.2, 0.25) is 0 Å². The van der Waals surface area contributed by atoms with Gasteiger partial charge in [0.15, 0.2) is 0 Å². The number of hydrogen-bond donors (Lipinski definition) is 0. The topological polar surface area (TPSA) is 37.4 Å². The van der Waals surface area contributed by atoms with Crippen LogP contribution in [0, 0.1) is 5.92 Å². The second-order valence-corrected chi connectivity index (χ2v) is 4.94. The first-order valence-electron chi connectivity index (χ1n) is 6.07. The SMILES string of the molecule is CC1CC(=O)N(c2cc(C(F)(F)F)cc(C(F)(F)F)c2)C1=O. The fourth-order valence-electron chi connectivity index (χ4n) is 2.12. The van der Waals surface area contributed by atoms with Crippen molar-refractivity contribution in [2.24, 2.45) is 5.92 Å². The molecule has 1 unspecified atom stereocenters. The first-order valence-corrected chi connectivity index (χ1v) is 6.07. The molecule has 1 fully saturated rings. The van der Waals surface area contributed by atoms with Crippen LogP contribution in [0.5, 0.6) is 0 Å². The van der Waals surface area contributed by atoms with Crippen LogP contribution in [-0.2, 0) is 21.9 Å². The summed E-state index contributed by atoms with van der Waals surface area (Å²) in [6.45, 7) is 1.37. The molecule has 1 aliphatic heterocycles. The maximum atomic E-state index is 12.7. The Balaban J connectivity index is 2.61. The van der Waals surface area contributed by atoms with Crippen molar-refractivity contribution in [2.45, 2.75) is 25.7 Å². The number of carbonyl (C=O) groups excluding carboxylic acids is 2. The summed E-state index contributed by atoms with van der Waals surface area (Å²) in [4.78, 5) is 23.8.